The Balaban J connectivity index is 0.00000180. The van der Waals surface area contributed by atoms with Crippen molar-refractivity contribution >= 4 is 32.9 Å². The van der Waals surface area contributed by atoms with E-state index in [1.165, 1.54) is 30.2 Å². The number of aromatic nitrogens is 4. The molecule has 0 aromatic carbocycles. The van der Waals surface area contributed by atoms with E-state index in [1.807, 2.05) is 0 Å². The second-order valence-corrected chi connectivity index (χ2v) is 4.76. The fraction of sp³-hybridized carbons (Fsp3) is 0.400. The van der Waals surface area contributed by atoms with Gasteiger partial charge in [0.05, 0.1) is 6.54 Å². The second kappa shape index (κ2) is 5.10. The van der Waals surface area contributed by atoms with Crippen molar-refractivity contribution in [2.45, 2.75) is 13.5 Å². The van der Waals surface area contributed by atoms with Crippen LogP contribution in [0.3, 0.4) is 0 Å². The highest BCUT2D eigenvalue weighted by Crippen LogP contribution is 2.15. The van der Waals surface area contributed by atoms with E-state index in [-0.39, 0.29) is 29.0 Å². The summed E-state index contributed by atoms with van der Waals surface area (Å²) in [6.07, 6.45) is 0. The number of rotatable bonds is 2. The van der Waals surface area contributed by atoms with Crippen molar-refractivity contribution in [1.29, 1.82) is 0 Å². The molecule has 2 heterocycles. The van der Waals surface area contributed by atoms with Crippen molar-refractivity contribution in [3.05, 3.63) is 25.6 Å². The summed E-state index contributed by atoms with van der Waals surface area (Å²) in [7, 11) is 2.92. The number of carbonyl (C=O) groups excluding carboxylic acids is 1. The summed E-state index contributed by atoms with van der Waals surface area (Å²) in [6, 6.07) is 0. The van der Waals surface area contributed by atoms with Crippen molar-refractivity contribution in [3.8, 4) is 0 Å². The molecular formula is C10H13BrN4O4. The number of carbonyl (C=O) groups is 1. The Morgan fingerprint density at radius 3 is 2.37 bits per heavy atom. The van der Waals surface area contributed by atoms with E-state index in [2.05, 4.69) is 20.9 Å². The first-order valence-electron chi connectivity index (χ1n) is 5.15. The molecule has 0 spiro atoms. The Kier molecular flexibility index (Phi) is 4.11. The lowest BCUT2D eigenvalue weighted by Crippen LogP contribution is -2.37. The quantitative estimate of drug-likeness (QED) is 0.654. The molecule has 0 aliphatic rings. The predicted molar refractivity (Wildman–Crippen MR) is 72.2 cm³/mol. The van der Waals surface area contributed by atoms with Crippen LogP contribution in [0.5, 0.6) is 0 Å². The van der Waals surface area contributed by atoms with Crippen LogP contribution in [0.2, 0.25) is 0 Å². The molecule has 0 bridgehead atoms. The highest BCUT2D eigenvalue weighted by atomic mass is 79.9. The minimum absolute atomic E-state index is 0. The van der Waals surface area contributed by atoms with Crippen LogP contribution in [0.1, 0.15) is 6.92 Å². The number of ketones is 1. The first-order chi connectivity index (χ1) is 8.34. The summed E-state index contributed by atoms with van der Waals surface area (Å²) in [5.74, 6) is -0.106. The number of halogens is 1. The van der Waals surface area contributed by atoms with E-state index in [0.29, 0.717) is 4.73 Å². The Morgan fingerprint density at radius 1 is 1.26 bits per heavy atom. The first kappa shape index (κ1) is 15.3. The number of Topliss-reactive ketones (excluding diaryl/α,β-unsaturated/α-hetero) is 1. The summed E-state index contributed by atoms with van der Waals surface area (Å²) in [4.78, 5) is 39.1. The number of aryl methyl sites for hydroxylation is 1. The Labute approximate surface area is 115 Å². The van der Waals surface area contributed by atoms with Crippen LogP contribution >= 0.6 is 15.9 Å². The highest BCUT2D eigenvalue weighted by Gasteiger charge is 2.18. The molecule has 9 heteroatoms. The van der Waals surface area contributed by atoms with Gasteiger partial charge in [0.25, 0.3) is 5.56 Å². The van der Waals surface area contributed by atoms with Gasteiger partial charge < -0.3 is 10.0 Å². The number of hydrogen-bond acceptors (Lipinski definition) is 4. The van der Waals surface area contributed by atoms with Gasteiger partial charge in [0.1, 0.15) is 5.78 Å². The first-order valence-corrected chi connectivity index (χ1v) is 5.95. The van der Waals surface area contributed by atoms with Crippen LogP contribution in [0.25, 0.3) is 11.2 Å². The number of fused-ring (bicyclic) bond motifs is 1. The SMILES string of the molecule is CC(=O)Cn1c(Br)nc2c1c(=O)n(C)c(=O)n2C.O. The minimum atomic E-state index is -0.465. The lowest BCUT2D eigenvalue weighted by Gasteiger charge is -2.05. The van der Waals surface area contributed by atoms with Crippen molar-refractivity contribution < 1.29 is 10.3 Å². The van der Waals surface area contributed by atoms with Crippen molar-refractivity contribution in [2.24, 2.45) is 14.1 Å². The van der Waals surface area contributed by atoms with Gasteiger partial charge >= 0.3 is 5.69 Å². The molecule has 19 heavy (non-hydrogen) atoms. The Bertz CT molecular complexity index is 770. The molecule has 2 N–H and O–H groups in total. The summed E-state index contributed by atoms with van der Waals surface area (Å²) in [5.41, 5.74) is -0.419. The monoisotopic (exact) mass is 332 g/mol. The molecule has 2 aromatic rings. The average Bonchev–Trinajstić information content (AvgIpc) is 2.61. The van der Waals surface area contributed by atoms with Crippen LogP contribution in [0.15, 0.2) is 14.3 Å². The molecule has 0 saturated carbocycles. The lowest BCUT2D eigenvalue weighted by molar-refractivity contribution is -0.117. The molecule has 0 aliphatic heterocycles. The van der Waals surface area contributed by atoms with Gasteiger partial charge in [0.15, 0.2) is 15.9 Å². The molecule has 0 saturated heterocycles. The summed E-state index contributed by atoms with van der Waals surface area (Å²) < 4.78 is 4.08. The Hall–Kier alpha value is -1.74. The molecule has 8 nitrogen and oxygen atoms in total. The third kappa shape index (κ3) is 2.26. The van der Waals surface area contributed by atoms with Crippen molar-refractivity contribution in [3.63, 3.8) is 0 Å². The number of nitrogens with zero attached hydrogens (tertiary/aromatic N) is 4. The molecule has 0 atom stereocenters. The van der Waals surface area contributed by atoms with Crippen molar-refractivity contribution in [2.75, 3.05) is 0 Å². The molecular weight excluding hydrogens is 320 g/mol. The van der Waals surface area contributed by atoms with E-state index in [9.17, 15) is 14.4 Å². The van der Waals surface area contributed by atoms with Crippen LogP contribution < -0.4 is 11.2 Å². The fourth-order valence-electron chi connectivity index (χ4n) is 1.79. The molecule has 0 fully saturated rings. The zero-order valence-electron chi connectivity index (χ0n) is 10.6. The number of imidazole rings is 1. The maximum absolute atomic E-state index is 12.1. The van der Waals surface area contributed by atoms with E-state index in [0.717, 1.165) is 4.57 Å². The van der Waals surface area contributed by atoms with Crippen molar-refractivity contribution in [1.82, 2.24) is 18.7 Å². The minimum Gasteiger partial charge on any atom is -0.412 e. The van der Waals surface area contributed by atoms with Crippen LogP contribution in [0.4, 0.5) is 0 Å². The van der Waals surface area contributed by atoms with Gasteiger partial charge in [-0.25, -0.2) is 9.78 Å². The third-order valence-corrected chi connectivity index (χ3v) is 3.29. The van der Waals surface area contributed by atoms with Crippen LogP contribution in [-0.4, -0.2) is 29.9 Å². The molecule has 0 radical (unpaired) electrons. The standard InChI is InChI=1S/C10H11BrN4O3.H2O/c1-5(16)4-15-6-7(12-9(15)11)13(2)10(18)14(3)8(6)17;/h4H2,1-3H3;1H2. The van der Waals surface area contributed by atoms with Gasteiger partial charge in [-0.1, -0.05) is 0 Å². The molecule has 2 rings (SSSR count). The molecule has 0 unspecified atom stereocenters. The molecule has 0 amide bonds. The van der Waals surface area contributed by atoms with Gasteiger partial charge in [-0.15, -0.1) is 0 Å². The lowest BCUT2D eigenvalue weighted by atomic mass is 10.4. The average molecular weight is 333 g/mol. The summed E-state index contributed by atoms with van der Waals surface area (Å²) in [5, 5.41) is 0. The molecule has 0 aliphatic carbocycles. The van der Waals surface area contributed by atoms with Gasteiger partial charge in [-0.3, -0.25) is 18.7 Å². The number of hydrogen-bond donors (Lipinski definition) is 0. The third-order valence-electron chi connectivity index (χ3n) is 2.68. The van der Waals surface area contributed by atoms with E-state index >= 15 is 0 Å². The maximum atomic E-state index is 12.1. The second-order valence-electron chi connectivity index (χ2n) is 4.05. The summed E-state index contributed by atoms with van der Waals surface area (Å²) >= 11 is 3.19. The van der Waals surface area contributed by atoms with Crippen LogP contribution in [-0.2, 0) is 25.4 Å². The zero-order valence-corrected chi connectivity index (χ0v) is 12.2. The van der Waals surface area contributed by atoms with E-state index in [1.54, 1.807) is 0 Å². The van der Waals surface area contributed by atoms with Gasteiger partial charge in [0, 0.05) is 14.1 Å². The van der Waals surface area contributed by atoms with Gasteiger partial charge in [0.2, 0.25) is 0 Å². The van der Waals surface area contributed by atoms with E-state index < -0.39 is 11.2 Å². The Morgan fingerprint density at radius 2 is 1.84 bits per heavy atom. The largest absolute Gasteiger partial charge is 0.412 e. The summed E-state index contributed by atoms with van der Waals surface area (Å²) in [6.45, 7) is 1.45. The van der Waals surface area contributed by atoms with Crippen LogP contribution in [0, 0.1) is 0 Å². The molecule has 2 aromatic heterocycles. The zero-order chi connectivity index (χ0) is 13.6. The smallest absolute Gasteiger partial charge is 0.332 e. The maximum Gasteiger partial charge on any atom is 0.332 e. The van der Waals surface area contributed by atoms with E-state index in [4.69, 9.17) is 0 Å². The highest BCUT2D eigenvalue weighted by molar-refractivity contribution is 9.10. The van der Waals surface area contributed by atoms with Gasteiger partial charge in [-0.2, -0.15) is 0 Å². The fourth-order valence-corrected chi connectivity index (χ4v) is 2.26. The molecule has 104 valence electrons. The van der Waals surface area contributed by atoms with Gasteiger partial charge in [-0.05, 0) is 22.9 Å². The normalized spacial score (nSPS) is 10.5. The predicted octanol–water partition coefficient (Wildman–Crippen LogP) is -1.04. The topological polar surface area (TPSA) is 110 Å².